The topological polar surface area (TPSA) is 35.5 Å². The lowest BCUT2D eigenvalue weighted by atomic mass is 10.2. The van der Waals surface area contributed by atoms with Crippen molar-refractivity contribution in [3.8, 4) is 5.75 Å². The molecule has 0 atom stereocenters. The van der Waals surface area contributed by atoms with Gasteiger partial charge in [-0.2, -0.15) is 0 Å². The maximum Gasteiger partial charge on any atom is 0.155 e. The first-order valence-electron chi connectivity index (χ1n) is 5.62. The molecule has 0 heterocycles. The van der Waals surface area contributed by atoms with Crippen LogP contribution in [0.25, 0.3) is 0 Å². The fourth-order valence-electron chi connectivity index (χ4n) is 1.36. The molecule has 0 amide bonds. The van der Waals surface area contributed by atoms with Crippen molar-refractivity contribution in [1.82, 2.24) is 0 Å². The zero-order valence-corrected chi connectivity index (χ0v) is 10.1. The summed E-state index contributed by atoms with van der Waals surface area (Å²) in [6, 6.07) is 7.74. The number of ether oxygens (including phenoxy) is 2. The molecular weight excluding hydrogens is 216 g/mol. The third kappa shape index (κ3) is 5.31. The van der Waals surface area contributed by atoms with Crippen LogP contribution in [0, 0.1) is 0 Å². The first-order chi connectivity index (χ1) is 8.26. The second-order valence-corrected chi connectivity index (χ2v) is 3.67. The normalized spacial score (nSPS) is 9.94. The maximum absolute atomic E-state index is 10.9. The Balaban J connectivity index is 2.17. The van der Waals surface area contributed by atoms with E-state index in [1.54, 1.807) is 7.11 Å². The molecule has 0 aliphatic carbocycles. The van der Waals surface area contributed by atoms with Gasteiger partial charge in [0.2, 0.25) is 0 Å². The highest BCUT2D eigenvalue weighted by Gasteiger charge is 1.97. The second kappa shape index (κ2) is 7.63. The Morgan fingerprint density at radius 3 is 2.65 bits per heavy atom. The minimum absolute atomic E-state index is 0.0676. The van der Waals surface area contributed by atoms with Crippen LogP contribution in [0.5, 0.6) is 5.75 Å². The molecule has 0 radical (unpaired) electrons. The molecule has 1 aromatic carbocycles. The van der Waals surface area contributed by atoms with Gasteiger partial charge in [-0.15, -0.1) is 0 Å². The van der Waals surface area contributed by atoms with E-state index in [-0.39, 0.29) is 5.78 Å². The number of ketones is 1. The van der Waals surface area contributed by atoms with Crippen molar-refractivity contribution in [3.05, 3.63) is 42.5 Å². The molecule has 0 saturated heterocycles. The van der Waals surface area contributed by atoms with E-state index in [1.807, 2.05) is 24.3 Å². The summed E-state index contributed by atoms with van der Waals surface area (Å²) in [5.74, 6) is 0.906. The number of hydrogen-bond acceptors (Lipinski definition) is 3. The minimum Gasteiger partial charge on any atom is -0.497 e. The smallest absolute Gasteiger partial charge is 0.155 e. The molecule has 3 heteroatoms. The van der Waals surface area contributed by atoms with Crippen LogP contribution < -0.4 is 4.74 Å². The second-order valence-electron chi connectivity index (χ2n) is 3.67. The predicted octanol–water partition coefficient (Wildman–Crippen LogP) is 2.75. The van der Waals surface area contributed by atoms with Gasteiger partial charge >= 0.3 is 0 Å². The van der Waals surface area contributed by atoms with Crippen molar-refractivity contribution < 1.29 is 14.3 Å². The number of carbonyl (C=O) groups is 1. The number of allylic oxidation sites excluding steroid dienone is 1. The largest absolute Gasteiger partial charge is 0.497 e. The molecule has 0 aromatic heterocycles. The molecule has 1 aromatic rings. The van der Waals surface area contributed by atoms with Crippen LogP contribution in [0.3, 0.4) is 0 Å². The average molecular weight is 234 g/mol. The summed E-state index contributed by atoms with van der Waals surface area (Å²) in [5.41, 5.74) is 1.10. The summed E-state index contributed by atoms with van der Waals surface area (Å²) < 4.78 is 10.5. The Hall–Kier alpha value is -1.61. The van der Waals surface area contributed by atoms with E-state index in [0.717, 1.165) is 17.7 Å². The van der Waals surface area contributed by atoms with Crippen LogP contribution in [0.1, 0.15) is 18.4 Å². The SMILES string of the molecule is C=CC(=O)CCCOCc1ccc(OC)cc1. The van der Waals surface area contributed by atoms with Crippen molar-refractivity contribution in [2.75, 3.05) is 13.7 Å². The molecule has 92 valence electrons. The van der Waals surface area contributed by atoms with Crippen molar-refractivity contribution in [2.24, 2.45) is 0 Å². The Bertz CT molecular complexity index is 354. The van der Waals surface area contributed by atoms with E-state index >= 15 is 0 Å². The number of benzene rings is 1. The van der Waals surface area contributed by atoms with Crippen molar-refractivity contribution in [1.29, 1.82) is 0 Å². The molecule has 0 unspecified atom stereocenters. The van der Waals surface area contributed by atoms with Gasteiger partial charge < -0.3 is 9.47 Å². The highest BCUT2D eigenvalue weighted by molar-refractivity contribution is 5.88. The van der Waals surface area contributed by atoms with E-state index in [2.05, 4.69) is 6.58 Å². The van der Waals surface area contributed by atoms with E-state index in [0.29, 0.717) is 19.6 Å². The summed E-state index contributed by atoms with van der Waals surface area (Å²) in [6.45, 7) is 4.57. The van der Waals surface area contributed by atoms with Crippen LogP contribution in [0.4, 0.5) is 0 Å². The predicted molar refractivity (Wildman–Crippen MR) is 67.1 cm³/mol. The Morgan fingerprint density at radius 1 is 1.35 bits per heavy atom. The quantitative estimate of drug-likeness (QED) is 0.512. The lowest BCUT2D eigenvalue weighted by molar-refractivity contribution is -0.114. The third-order valence-corrected chi connectivity index (χ3v) is 2.37. The number of methoxy groups -OCH3 is 1. The van der Waals surface area contributed by atoms with Gasteiger partial charge in [0.25, 0.3) is 0 Å². The summed E-state index contributed by atoms with van der Waals surface area (Å²) in [4.78, 5) is 10.9. The molecule has 0 aliphatic rings. The zero-order chi connectivity index (χ0) is 12.5. The number of carbonyl (C=O) groups excluding carboxylic acids is 1. The molecule has 0 bridgehead atoms. The summed E-state index contributed by atoms with van der Waals surface area (Å²) in [7, 11) is 1.64. The molecule has 0 N–H and O–H groups in total. The molecule has 1 rings (SSSR count). The fourth-order valence-corrected chi connectivity index (χ4v) is 1.36. The first kappa shape index (κ1) is 13.5. The standard InChI is InChI=1S/C14H18O3/c1-3-13(15)5-4-10-17-11-12-6-8-14(16-2)9-7-12/h3,6-9H,1,4-5,10-11H2,2H3. The molecule has 0 fully saturated rings. The fraction of sp³-hybridized carbons (Fsp3) is 0.357. The Morgan fingerprint density at radius 2 is 2.06 bits per heavy atom. The lowest BCUT2D eigenvalue weighted by Crippen LogP contribution is -1.99. The van der Waals surface area contributed by atoms with E-state index < -0.39 is 0 Å². The van der Waals surface area contributed by atoms with E-state index in [1.165, 1.54) is 6.08 Å². The molecule has 3 nitrogen and oxygen atoms in total. The highest BCUT2D eigenvalue weighted by atomic mass is 16.5. The van der Waals surface area contributed by atoms with Crippen molar-refractivity contribution in [3.63, 3.8) is 0 Å². The van der Waals surface area contributed by atoms with E-state index in [4.69, 9.17) is 9.47 Å². The van der Waals surface area contributed by atoms with Gasteiger partial charge in [-0.1, -0.05) is 18.7 Å². The number of rotatable bonds is 8. The summed E-state index contributed by atoms with van der Waals surface area (Å²) in [6.07, 6.45) is 2.59. The van der Waals surface area contributed by atoms with Crippen LogP contribution in [0.2, 0.25) is 0 Å². The molecule has 17 heavy (non-hydrogen) atoms. The Kier molecular flexibility index (Phi) is 6.04. The van der Waals surface area contributed by atoms with Gasteiger partial charge in [0.15, 0.2) is 5.78 Å². The number of hydrogen-bond donors (Lipinski definition) is 0. The average Bonchev–Trinajstić information content (AvgIpc) is 2.38. The monoisotopic (exact) mass is 234 g/mol. The molecule has 0 aliphatic heterocycles. The van der Waals surface area contributed by atoms with Crippen molar-refractivity contribution in [2.45, 2.75) is 19.4 Å². The van der Waals surface area contributed by atoms with Gasteiger partial charge in [0.1, 0.15) is 5.75 Å². The first-order valence-corrected chi connectivity index (χ1v) is 5.62. The van der Waals surface area contributed by atoms with Gasteiger partial charge in [-0.05, 0) is 30.2 Å². The van der Waals surface area contributed by atoms with Crippen LogP contribution in [0.15, 0.2) is 36.9 Å². The molecular formula is C14H18O3. The van der Waals surface area contributed by atoms with E-state index in [9.17, 15) is 4.79 Å². The summed E-state index contributed by atoms with van der Waals surface area (Å²) >= 11 is 0. The van der Waals surface area contributed by atoms with Crippen LogP contribution in [-0.4, -0.2) is 19.5 Å². The Labute approximate surface area is 102 Å². The van der Waals surface area contributed by atoms with Gasteiger partial charge in [-0.3, -0.25) is 4.79 Å². The highest BCUT2D eigenvalue weighted by Crippen LogP contribution is 2.12. The van der Waals surface area contributed by atoms with Gasteiger partial charge in [0, 0.05) is 13.0 Å². The third-order valence-electron chi connectivity index (χ3n) is 2.37. The lowest BCUT2D eigenvalue weighted by Gasteiger charge is -2.05. The zero-order valence-electron chi connectivity index (χ0n) is 10.1. The minimum atomic E-state index is 0.0676. The maximum atomic E-state index is 10.9. The molecule has 0 spiro atoms. The van der Waals surface area contributed by atoms with Crippen molar-refractivity contribution >= 4 is 5.78 Å². The van der Waals surface area contributed by atoms with Crippen LogP contribution >= 0.6 is 0 Å². The van der Waals surface area contributed by atoms with Gasteiger partial charge in [-0.25, -0.2) is 0 Å². The van der Waals surface area contributed by atoms with Gasteiger partial charge in [0.05, 0.1) is 13.7 Å². The summed E-state index contributed by atoms with van der Waals surface area (Å²) in [5, 5.41) is 0. The van der Waals surface area contributed by atoms with Crippen LogP contribution in [-0.2, 0) is 16.1 Å². The molecule has 0 saturated carbocycles.